The number of aromatic amines is 1. The van der Waals surface area contributed by atoms with Gasteiger partial charge in [0.1, 0.15) is 12.4 Å². The molecule has 0 aliphatic carbocycles. The molecule has 138 valence electrons. The number of para-hydroxylation sites is 1. The molecule has 1 aromatic carbocycles. The molecule has 3 aromatic rings. The van der Waals surface area contributed by atoms with Crippen LogP contribution in [-0.2, 0) is 0 Å². The second-order valence-electron chi connectivity index (χ2n) is 6.88. The van der Waals surface area contributed by atoms with Gasteiger partial charge < -0.3 is 19.1 Å². The standard InChI is InChI=1S/C19H17ClN4O3/c20-12-7-15(21-8-12)17-22-18(27-23-17)11-5-6-13-10-26-16-4-2-1-3-14(16)19(25)24(13)9-11/h1-4,7-8,11,13,21H,5-6,9-10H2/t11-,13-/m1/s1. The summed E-state index contributed by atoms with van der Waals surface area (Å²) < 4.78 is 11.4. The van der Waals surface area contributed by atoms with Crippen molar-refractivity contribution in [3.63, 3.8) is 0 Å². The van der Waals surface area contributed by atoms with Crippen LogP contribution in [0.1, 0.15) is 35.0 Å². The summed E-state index contributed by atoms with van der Waals surface area (Å²) in [5.74, 6) is 1.66. The second kappa shape index (κ2) is 6.42. The SMILES string of the molecule is O=C1c2ccccc2OC[C@H]2CC[C@@H](c3nc(-c4cc(Cl)c[nH]4)no3)CN12. The third kappa shape index (κ3) is 2.88. The topological polar surface area (TPSA) is 84.2 Å². The van der Waals surface area contributed by atoms with Gasteiger partial charge in [-0.1, -0.05) is 28.9 Å². The molecular weight excluding hydrogens is 368 g/mol. The van der Waals surface area contributed by atoms with E-state index in [1.807, 2.05) is 29.2 Å². The number of amides is 1. The van der Waals surface area contributed by atoms with E-state index in [1.54, 1.807) is 12.3 Å². The fourth-order valence-electron chi connectivity index (χ4n) is 3.77. The summed E-state index contributed by atoms with van der Waals surface area (Å²) in [5.41, 5.74) is 1.31. The van der Waals surface area contributed by atoms with Crippen molar-refractivity contribution >= 4 is 17.5 Å². The zero-order valence-electron chi connectivity index (χ0n) is 14.4. The van der Waals surface area contributed by atoms with Gasteiger partial charge in [-0.2, -0.15) is 4.98 Å². The fourth-order valence-corrected chi connectivity index (χ4v) is 3.93. The van der Waals surface area contributed by atoms with Crippen molar-refractivity contribution in [2.75, 3.05) is 13.2 Å². The first kappa shape index (κ1) is 16.4. The number of H-pyrrole nitrogens is 1. The van der Waals surface area contributed by atoms with Gasteiger partial charge in [-0.15, -0.1) is 0 Å². The maximum absolute atomic E-state index is 13.0. The lowest BCUT2D eigenvalue weighted by Gasteiger charge is -2.36. The maximum atomic E-state index is 13.0. The van der Waals surface area contributed by atoms with Crippen molar-refractivity contribution in [1.82, 2.24) is 20.0 Å². The number of halogens is 1. The molecule has 8 heteroatoms. The minimum Gasteiger partial charge on any atom is -0.491 e. The molecule has 7 nitrogen and oxygen atoms in total. The number of carbonyl (C=O) groups is 1. The van der Waals surface area contributed by atoms with Crippen molar-refractivity contribution in [1.29, 1.82) is 0 Å². The summed E-state index contributed by atoms with van der Waals surface area (Å²) in [6.07, 6.45) is 3.36. The highest BCUT2D eigenvalue weighted by Crippen LogP contribution is 2.34. The van der Waals surface area contributed by atoms with E-state index in [1.165, 1.54) is 0 Å². The minimum absolute atomic E-state index is 0.00199. The van der Waals surface area contributed by atoms with Gasteiger partial charge in [-0.3, -0.25) is 4.79 Å². The summed E-state index contributed by atoms with van der Waals surface area (Å²) in [6.45, 7) is 1.04. The number of nitrogens with one attached hydrogen (secondary N) is 1. The normalized spacial score (nSPS) is 22.0. The van der Waals surface area contributed by atoms with Crippen molar-refractivity contribution in [2.45, 2.75) is 24.8 Å². The van der Waals surface area contributed by atoms with Crippen LogP contribution in [-0.4, -0.2) is 45.1 Å². The number of hydrogen-bond donors (Lipinski definition) is 1. The Morgan fingerprint density at radius 3 is 3.00 bits per heavy atom. The monoisotopic (exact) mass is 384 g/mol. The number of rotatable bonds is 2. The number of fused-ring (bicyclic) bond motifs is 2. The Kier molecular flexibility index (Phi) is 3.89. The Morgan fingerprint density at radius 1 is 1.26 bits per heavy atom. The van der Waals surface area contributed by atoms with E-state index in [0.29, 0.717) is 46.9 Å². The first-order chi connectivity index (χ1) is 13.2. The van der Waals surface area contributed by atoms with Crippen LogP contribution in [0.25, 0.3) is 11.5 Å². The molecular formula is C19H17ClN4O3. The number of benzene rings is 1. The third-order valence-electron chi connectivity index (χ3n) is 5.20. The molecule has 1 saturated heterocycles. The molecule has 4 heterocycles. The molecule has 1 fully saturated rings. The summed E-state index contributed by atoms with van der Waals surface area (Å²) >= 11 is 5.94. The molecule has 2 aliphatic heterocycles. The maximum Gasteiger partial charge on any atom is 0.258 e. The van der Waals surface area contributed by atoms with Gasteiger partial charge in [0.25, 0.3) is 5.91 Å². The quantitative estimate of drug-likeness (QED) is 0.731. The first-order valence-corrected chi connectivity index (χ1v) is 9.27. The van der Waals surface area contributed by atoms with Gasteiger partial charge in [0.15, 0.2) is 0 Å². The van der Waals surface area contributed by atoms with Crippen LogP contribution in [0.15, 0.2) is 41.1 Å². The molecule has 0 unspecified atom stereocenters. The molecule has 0 spiro atoms. The average Bonchev–Trinajstić information content (AvgIpc) is 3.32. The van der Waals surface area contributed by atoms with E-state index in [0.717, 1.165) is 12.8 Å². The van der Waals surface area contributed by atoms with E-state index < -0.39 is 0 Å². The van der Waals surface area contributed by atoms with Gasteiger partial charge in [0.05, 0.1) is 28.2 Å². The largest absolute Gasteiger partial charge is 0.491 e. The van der Waals surface area contributed by atoms with E-state index in [9.17, 15) is 4.79 Å². The van der Waals surface area contributed by atoms with Gasteiger partial charge in [0.2, 0.25) is 11.7 Å². The molecule has 0 saturated carbocycles. The molecule has 0 radical (unpaired) electrons. The zero-order chi connectivity index (χ0) is 18.4. The van der Waals surface area contributed by atoms with Crippen LogP contribution in [0, 0.1) is 0 Å². The highest BCUT2D eigenvalue weighted by molar-refractivity contribution is 6.30. The van der Waals surface area contributed by atoms with E-state index in [-0.39, 0.29) is 17.9 Å². The van der Waals surface area contributed by atoms with Crippen LogP contribution >= 0.6 is 11.6 Å². The summed E-state index contributed by atoms with van der Waals surface area (Å²) in [6, 6.07) is 9.20. The molecule has 1 amide bonds. The van der Waals surface area contributed by atoms with Crippen LogP contribution in [0.4, 0.5) is 0 Å². The second-order valence-corrected chi connectivity index (χ2v) is 7.32. The van der Waals surface area contributed by atoms with Gasteiger partial charge in [0, 0.05) is 12.7 Å². The van der Waals surface area contributed by atoms with Crippen molar-refractivity contribution in [3.05, 3.63) is 53.0 Å². The zero-order valence-corrected chi connectivity index (χ0v) is 15.1. The highest BCUT2D eigenvalue weighted by Gasteiger charge is 2.38. The number of aromatic nitrogens is 3. The lowest BCUT2D eigenvalue weighted by atomic mass is 9.92. The molecule has 2 aromatic heterocycles. The van der Waals surface area contributed by atoms with Gasteiger partial charge in [-0.25, -0.2) is 0 Å². The predicted octanol–water partition coefficient (Wildman–Crippen LogP) is 3.50. The third-order valence-corrected chi connectivity index (χ3v) is 5.41. The molecule has 2 atom stereocenters. The average molecular weight is 385 g/mol. The number of carbonyl (C=O) groups excluding carboxylic acids is 1. The molecule has 0 bridgehead atoms. The molecule has 1 N–H and O–H groups in total. The number of hydrogen-bond acceptors (Lipinski definition) is 5. The van der Waals surface area contributed by atoms with E-state index >= 15 is 0 Å². The van der Waals surface area contributed by atoms with Crippen molar-refractivity contribution < 1.29 is 14.1 Å². The Morgan fingerprint density at radius 2 is 2.15 bits per heavy atom. The number of piperidine rings is 1. The predicted molar refractivity (Wildman–Crippen MR) is 97.8 cm³/mol. The van der Waals surface area contributed by atoms with Gasteiger partial charge >= 0.3 is 0 Å². The molecule has 2 aliphatic rings. The minimum atomic E-state index is -0.00584. The number of ether oxygens (including phenoxy) is 1. The summed E-state index contributed by atoms with van der Waals surface area (Å²) in [4.78, 5) is 22.4. The van der Waals surface area contributed by atoms with Crippen LogP contribution in [0.2, 0.25) is 5.02 Å². The summed E-state index contributed by atoms with van der Waals surface area (Å²) in [7, 11) is 0. The Labute approximate surface area is 160 Å². The summed E-state index contributed by atoms with van der Waals surface area (Å²) in [5, 5.41) is 4.64. The smallest absolute Gasteiger partial charge is 0.258 e. The van der Waals surface area contributed by atoms with Crippen molar-refractivity contribution in [2.24, 2.45) is 0 Å². The Balaban J connectivity index is 1.40. The van der Waals surface area contributed by atoms with Crippen LogP contribution in [0.3, 0.4) is 0 Å². The van der Waals surface area contributed by atoms with E-state index in [4.69, 9.17) is 20.9 Å². The van der Waals surface area contributed by atoms with Crippen molar-refractivity contribution in [3.8, 4) is 17.3 Å². The van der Waals surface area contributed by atoms with Gasteiger partial charge in [-0.05, 0) is 31.0 Å². The fraction of sp³-hybridized carbons (Fsp3) is 0.316. The Bertz CT molecular complexity index is 998. The molecule has 5 rings (SSSR count). The highest BCUT2D eigenvalue weighted by atomic mass is 35.5. The lowest BCUT2D eigenvalue weighted by Crippen LogP contribution is -2.47. The lowest BCUT2D eigenvalue weighted by molar-refractivity contribution is 0.0525. The van der Waals surface area contributed by atoms with Crippen LogP contribution < -0.4 is 4.74 Å². The molecule has 27 heavy (non-hydrogen) atoms. The van der Waals surface area contributed by atoms with E-state index in [2.05, 4.69) is 15.1 Å². The van der Waals surface area contributed by atoms with Crippen LogP contribution in [0.5, 0.6) is 5.75 Å². The first-order valence-electron chi connectivity index (χ1n) is 8.90. The number of nitrogens with zero attached hydrogens (tertiary/aromatic N) is 3. The Hall–Kier alpha value is -2.80.